The molecule has 0 unspecified atom stereocenters. The summed E-state index contributed by atoms with van der Waals surface area (Å²) < 4.78 is 14.6. The number of hydrogen-bond acceptors (Lipinski definition) is 3. The summed E-state index contributed by atoms with van der Waals surface area (Å²) in [7, 11) is 0. The maximum atomic E-state index is 13.2. The van der Waals surface area contributed by atoms with Gasteiger partial charge in [-0.3, -0.25) is 0 Å². The van der Waals surface area contributed by atoms with Crippen LogP contribution in [0.15, 0.2) is 18.2 Å². The molecule has 1 heterocycles. The van der Waals surface area contributed by atoms with Crippen molar-refractivity contribution < 1.29 is 14.3 Å². The largest absolute Gasteiger partial charge is 0.476 e. The van der Waals surface area contributed by atoms with E-state index in [2.05, 4.69) is 10.3 Å². The summed E-state index contributed by atoms with van der Waals surface area (Å²) in [6, 6.07) is 4.09. The van der Waals surface area contributed by atoms with E-state index in [0.717, 1.165) is 12.8 Å². The fraction of sp³-hybridized carbons (Fsp3) is 0.308. The van der Waals surface area contributed by atoms with E-state index in [9.17, 15) is 9.18 Å². The number of halogens is 2. The molecule has 0 fully saturated rings. The van der Waals surface area contributed by atoms with Crippen LogP contribution in [0.3, 0.4) is 0 Å². The predicted molar refractivity (Wildman–Crippen MR) is 71.9 cm³/mol. The molecule has 0 bridgehead atoms. The van der Waals surface area contributed by atoms with Crippen LogP contribution in [0.1, 0.15) is 35.9 Å². The highest BCUT2D eigenvalue weighted by Crippen LogP contribution is 2.21. The van der Waals surface area contributed by atoms with Crippen molar-refractivity contribution in [2.24, 2.45) is 0 Å². The van der Waals surface area contributed by atoms with Gasteiger partial charge in [-0.15, -0.1) is 5.10 Å². The van der Waals surface area contributed by atoms with Crippen molar-refractivity contribution in [3.8, 4) is 5.69 Å². The highest BCUT2D eigenvalue weighted by atomic mass is 35.5. The van der Waals surface area contributed by atoms with Crippen LogP contribution in [0, 0.1) is 5.82 Å². The van der Waals surface area contributed by atoms with Gasteiger partial charge in [0.05, 0.1) is 16.4 Å². The standard InChI is InChI=1S/C13H13ClFN3O2/c1-2-3-4-11-12(13(19)20)16-17-18(11)8-5-6-10(15)9(14)7-8/h5-7H,2-4H2,1H3,(H,19,20). The van der Waals surface area contributed by atoms with Gasteiger partial charge in [0.2, 0.25) is 0 Å². The van der Waals surface area contributed by atoms with Crippen LogP contribution < -0.4 is 0 Å². The maximum absolute atomic E-state index is 13.2. The Hall–Kier alpha value is -1.95. The zero-order chi connectivity index (χ0) is 14.7. The first-order valence-electron chi connectivity index (χ1n) is 6.18. The van der Waals surface area contributed by atoms with Gasteiger partial charge in [-0.25, -0.2) is 13.9 Å². The summed E-state index contributed by atoms with van der Waals surface area (Å²) in [6.07, 6.45) is 2.25. The Morgan fingerprint density at radius 3 is 2.85 bits per heavy atom. The minimum Gasteiger partial charge on any atom is -0.476 e. The van der Waals surface area contributed by atoms with Crippen LogP contribution >= 0.6 is 11.6 Å². The zero-order valence-electron chi connectivity index (χ0n) is 10.8. The molecule has 0 saturated carbocycles. The van der Waals surface area contributed by atoms with Crippen LogP contribution in [-0.2, 0) is 6.42 Å². The molecule has 2 aromatic rings. The highest BCUT2D eigenvalue weighted by molar-refractivity contribution is 6.30. The van der Waals surface area contributed by atoms with Crippen LogP contribution in [0.4, 0.5) is 4.39 Å². The first kappa shape index (κ1) is 14.5. The topological polar surface area (TPSA) is 68.0 Å². The number of carboxylic acids is 1. The Morgan fingerprint density at radius 2 is 2.25 bits per heavy atom. The summed E-state index contributed by atoms with van der Waals surface area (Å²) in [5.41, 5.74) is 0.892. The molecular weight excluding hydrogens is 285 g/mol. The molecule has 1 aromatic carbocycles. The number of rotatable bonds is 5. The number of nitrogens with zero attached hydrogens (tertiary/aromatic N) is 3. The number of hydrogen-bond donors (Lipinski definition) is 1. The van der Waals surface area contributed by atoms with E-state index in [1.807, 2.05) is 6.92 Å². The first-order chi connectivity index (χ1) is 9.54. The van der Waals surface area contributed by atoms with Crippen LogP contribution in [0.25, 0.3) is 5.69 Å². The quantitative estimate of drug-likeness (QED) is 0.921. The van der Waals surface area contributed by atoms with Gasteiger partial charge >= 0.3 is 5.97 Å². The number of carbonyl (C=O) groups is 1. The third-order valence-corrected chi connectivity index (χ3v) is 3.17. The Bertz CT molecular complexity index is 643. The van der Waals surface area contributed by atoms with E-state index in [4.69, 9.17) is 16.7 Å². The lowest BCUT2D eigenvalue weighted by Crippen LogP contribution is -2.07. The molecule has 0 radical (unpaired) electrons. The Morgan fingerprint density at radius 1 is 1.50 bits per heavy atom. The van der Waals surface area contributed by atoms with Gasteiger partial charge in [0.1, 0.15) is 5.82 Å². The number of aromatic nitrogens is 3. The second kappa shape index (κ2) is 6.00. The minimum atomic E-state index is -1.13. The maximum Gasteiger partial charge on any atom is 0.358 e. The van der Waals surface area contributed by atoms with Gasteiger partial charge in [0, 0.05) is 0 Å². The zero-order valence-corrected chi connectivity index (χ0v) is 11.6. The Labute approximate surface area is 120 Å². The number of unbranched alkanes of at least 4 members (excludes halogenated alkanes) is 1. The van der Waals surface area contributed by atoms with Crippen LogP contribution in [0.5, 0.6) is 0 Å². The van der Waals surface area contributed by atoms with Crippen molar-refractivity contribution in [1.82, 2.24) is 15.0 Å². The van der Waals surface area contributed by atoms with E-state index in [0.29, 0.717) is 17.8 Å². The minimum absolute atomic E-state index is 0.0451. The predicted octanol–water partition coefficient (Wildman–Crippen LogP) is 3.10. The lowest BCUT2D eigenvalue weighted by atomic mass is 10.1. The van der Waals surface area contributed by atoms with E-state index in [1.165, 1.54) is 22.9 Å². The number of carboxylic acid groups (broad SMARTS) is 1. The molecule has 0 saturated heterocycles. The third-order valence-electron chi connectivity index (χ3n) is 2.88. The summed E-state index contributed by atoms with van der Waals surface area (Å²) in [6.45, 7) is 2.00. The first-order valence-corrected chi connectivity index (χ1v) is 6.55. The van der Waals surface area contributed by atoms with E-state index >= 15 is 0 Å². The lowest BCUT2D eigenvalue weighted by Gasteiger charge is -2.07. The summed E-state index contributed by atoms with van der Waals surface area (Å²) in [5.74, 6) is -1.67. The molecule has 7 heteroatoms. The van der Waals surface area contributed by atoms with Gasteiger partial charge in [-0.2, -0.15) is 0 Å². The van der Waals surface area contributed by atoms with E-state index in [-0.39, 0.29) is 10.7 Å². The van der Waals surface area contributed by atoms with Gasteiger partial charge < -0.3 is 5.11 Å². The van der Waals surface area contributed by atoms with Crippen LogP contribution in [0.2, 0.25) is 5.02 Å². The highest BCUT2D eigenvalue weighted by Gasteiger charge is 2.19. The smallest absolute Gasteiger partial charge is 0.358 e. The van der Waals surface area contributed by atoms with Crippen molar-refractivity contribution >= 4 is 17.6 Å². The molecular formula is C13H13ClFN3O2. The average Bonchev–Trinajstić information content (AvgIpc) is 2.83. The summed E-state index contributed by atoms with van der Waals surface area (Å²) in [4.78, 5) is 11.1. The fourth-order valence-corrected chi connectivity index (χ4v) is 2.04. The molecule has 0 aliphatic carbocycles. The summed E-state index contributed by atoms with van der Waals surface area (Å²) in [5, 5.41) is 16.6. The molecule has 0 spiro atoms. The second-order valence-corrected chi connectivity index (χ2v) is 4.71. The van der Waals surface area contributed by atoms with Gasteiger partial charge in [-0.05, 0) is 31.0 Å². The molecule has 0 aliphatic heterocycles. The van der Waals surface area contributed by atoms with E-state index in [1.54, 1.807) is 0 Å². The van der Waals surface area contributed by atoms with Crippen molar-refractivity contribution in [2.45, 2.75) is 26.2 Å². The Kier molecular flexibility index (Phi) is 4.34. The van der Waals surface area contributed by atoms with Crippen LogP contribution in [-0.4, -0.2) is 26.1 Å². The van der Waals surface area contributed by atoms with Gasteiger partial charge in [-0.1, -0.05) is 30.2 Å². The molecule has 20 heavy (non-hydrogen) atoms. The molecule has 5 nitrogen and oxygen atoms in total. The fourth-order valence-electron chi connectivity index (χ4n) is 1.86. The van der Waals surface area contributed by atoms with Crippen molar-refractivity contribution in [3.63, 3.8) is 0 Å². The molecule has 106 valence electrons. The molecule has 0 atom stereocenters. The molecule has 2 rings (SSSR count). The van der Waals surface area contributed by atoms with Gasteiger partial charge in [0.25, 0.3) is 0 Å². The molecule has 1 aromatic heterocycles. The average molecular weight is 298 g/mol. The lowest BCUT2D eigenvalue weighted by molar-refractivity contribution is 0.0689. The van der Waals surface area contributed by atoms with Crippen molar-refractivity contribution in [1.29, 1.82) is 0 Å². The molecule has 0 aliphatic rings. The van der Waals surface area contributed by atoms with E-state index < -0.39 is 11.8 Å². The molecule has 1 N–H and O–H groups in total. The second-order valence-electron chi connectivity index (χ2n) is 4.30. The van der Waals surface area contributed by atoms with Gasteiger partial charge in [0.15, 0.2) is 5.69 Å². The third kappa shape index (κ3) is 2.80. The van der Waals surface area contributed by atoms with Crippen molar-refractivity contribution in [3.05, 3.63) is 40.4 Å². The normalized spacial score (nSPS) is 10.8. The Balaban J connectivity index is 2.49. The molecule has 0 amide bonds. The summed E-state index contributed by atoms with van der Waals surface area (Å²) >= 11 is 5.74. The SMILES string of the molecule is CCCCc1c(C(=O)O)nnn1-c1ccc(F)c(Cl)c1. The number of aromatic carboxylic acids is 1. The monoisotopic (exact) mass is 297 g/mol. The number of benzene rings is 1. The van der Waals surface area contributed by atoms with Crippen molar-refractivity contribution in [2.75, 3.05) is 0 Å².